The highest BCUT2D eigenvalue weighted by Crippen LogP contribution is 2.69. The minimum atomic E-state index is 0.490. The lowest BCUT2D eigenvalue weighted by molar-refractivity contribution is -0.132. The Morgan fingerprint density at radius 3 is 2.59 bits per heavy atom. The SMILES string of the molecule is C[C@]12CC[C@H](OCCN3CCCC3)C[C@@H]1CC[C@@H]1[C@@H]2CC[C@]2(C)[C@@H](c3ccoc3)CC[C@@H]12. The predicted molar refractivity (Wildman–Crippen MR) is 129 cm³/mol. The lowest BCUT2D eigenvalue weighted by atomic mass is 9.44. The van der Waals surface area contributed by atoms with Crippen molar-refractivity contribution in [3.8, 4) is 0 Å². The third kappa shape index (κ3) is 3.52. The average molecular weight is 440 g/mol. The molecule has 0 amide bonds. The first-order valence-electron chi connectivity index (χ1n) is 13.9. The lowest BCUT2D eigenvalue weighted by Gasteiger charge is -2.61. The maximum atomic E-state index is 6.47. The summed E-state index contributed by atoms with van der Waals surface area (Å²) in [6.45, 7) is 10.0. The third-order valence-electron chi connectivity index (χ3n) is 11.5. The molecule has 32 heavy (non-hydrogen) atoms. The molecule has 178 valence electrons. The highest BCUT2D eigenvalue weighted by atomic mass is 16.5. The summed E-state index contributed by atoms with van der Waals surface area (Å²) in [5, 5.41) is 0. The molecule has 1 saturated heterocycles. The van der Waals surface area contributed by atoms with Gasteiger partial charge in [0.2, 0.25) is 0 Å². The van der Waals surface area contributed by atoms with Crippen LogP contribution >= 0.6 is 0 Å². The number of nitrogens with zero attached hydrogens (tertiary/aromatic N) is 1. The van der Waals surface area contributed by atoms with Crippen molar-refractivity contribution in [2.45, 2.75) is 96.5 Å². The zero-order valence-electron chi connectivity index (χ0n) is 20.6. The van der Waals surface area contributed by atoms with Crippen molar-refractivity contribution >= 4 is 0 Å². The molecule has 0 aromatic carbocycles. The molecule has 2 heterocycles. The second-order valence-electron chi connectivity index (χ2n) is 12.7. The van der Waals surface area contributed by atoms with Crippen LogP contribution < -0.4 is 0 Å². The Labute approximate surface area is 195 Å². The monoisotopic (exact) mass is 439 g/mol. The maximum absolute atomic E-state index is 6.47. The van der Waals surface area contributed by atoms with Crippen LogP contribution in [-0.2, 0) is 4.74 Å². The highest BCUT2D eigenvalue weighted by Gasteiger charge is 2.60. The molecular formula is C29H45NO2. The van der Waals surface area contributed by atoms with E-state index in [0.717, 1.165) is 42.7 Å². The summed E-state index contributed by atoms with van der Waals surface area (Å²) in [6.07, 6.45) is 19.9. The van der Waals surface area contributed by atoms with E-state index in [9.17, 15) is 0 Å². The molecule has 5 aliphatic rings. The second kappa shape index (κ2) is 8.45. The Balaban J connectivity index is 1.10. The van der Waals surface area contributed by atoms with Crippen molar-refractivity contribution in [1.29, 1.82) is 0 Å². The minimum Gasteiger partial charge on any atom is -0.472 e. The van der Waals surface area contributed by atoms with Gasteiger partial charge in [-0.2, -0.15) is 0 Å². The van der Waals surface area contributed by atoms with Gasteiger partial charge in [-0.25, -0.2) is 0 Å². The van der Waals surface area contributed by atoms with E-state index < -0.39 is 0 Å². The van der Waals surface area contributed by atoms with Gasteiger partial charge in [-0.3, -0.25) is 0 Å². The fourth-order valence-corrected chi connectivity index (χ4v) is 9.75. The summed E-state index contributed by atoms with van der Waals surface area (Å²) in [5.41, 5.74) is 2.52. The van der Waals surface area contributed by atoms with Crippen LogP contribution in [0.1, 0.15) is 96.0 Å². The van der Waals surface area contributed by atoms with E-state index in [-0.39, 0.29) is 0 Å². The highest BCUT2D eigenvalue weighted by molar-refractivity contribution is 5.22. The maximum Gasteiger partial charge on any atom is 0.0937 e. The number of likely N-dealkylation sites (tertiary alicyclic amines) is 1. The number of rotatable bonds is 5. The fourth-order valence-electron chi connectivity index (χ4n) is 9.75. The molecule has 3 heteroatoms. The van der Waals surface area contributed by atoms with Gasteiger partial charge in [-0.15, -0.1) is 0 Å². The van der Waals surface area contributed by atoms with Gasteiger partial charge in [0.15, 0.2) is 0 Å². The van der Waals surface area contributed by atoms with E-state index in [1.54, 1.807) is 0 Å². The Morgan fingerprint density at radius 1 is 0.969 bits per heavy atom. The molecule has 8 atom stereocenters. The van der Waals surface area contributed by atoms with Crippen LogP contribution in [0.2, 0.25) is 0 Å². The van der Waals surface area contributed by atoms with Crippen LogP contribution in [-0.4, -0.2) is 37.2 Å². The first-order valence-corrected chi connectivity index (χ1v) is 13.9. The van der Waals surface area contributed by atoms with E-state index in [4.69, 9.17) is 9.15 Å². The Hall–Kier alpha value is -0.800. The van der Waals surface area contributed by atoms with Gasteiger partial charge in [0.1, 0.15) is 0 Å². The Kier molecular flexibility index (Phi) is 5.73. The molecule has 1 aliphatic heterocycles. The van der Waals surface area contributed by atoms with Crippen molar-refractivity contribution < 1.29 is 9.15 Å². The van der Waals surface area contributed by atoms with E-state index in [1.165, 1.54) is 89.3 Å². The smallest absolute Gasteiger partial charge is 0.0937 e. The third-order valence-corrected chi connectivity index (χ3v) is 11.5. The largest absolute Gasteiger partial charge is 0.472 e. The van der Waals surface area contributed by atoms with Gasteiger partial charge in [-0.1, -0.05) is 13.8 Å². The average Bonchev–Trinajstić information content (AvgIpc) is 3.54. The molecule has 0 spiro atoms. The van der Waals surface area contributed by atoms with Crippen LogP contribution in [0.5, 0.6) is 0 Å². The number of hydrogen-bond donors (Lipinski definition) is 0. The van der Waals surface area contributed by atoms with E-state index in [2.05, 4.69) is 24.8 Å². The van der Waals surface area contributed by atoms with Gasteiger partial charge in [0.05, 0.1) is 25.2 Å². The molecule has 3 nitrogen and oxygen atoms in total. The van der Waals surface area contributed by atoms with Crippen molar-refractivity contribution in [2.24, 2.45) is 34.5 Å². The van der Waals surface area contributed by atoms with Crippen molar-refractivity contribution in [3.63, 3.8) is 0 Å². The molecule has 5 fully saturated rings. The molecule has 6 rings (SSSR count). The first kappa shape index (κ1) is 21.7. The molecule has 0 bridgehead atoms. The Bertz CT molecular complexity index is 770. The van der Waals surface area contributed by atoms with Gasteiger partial charge >= 0.3 is 0 Å². The van der Waals surface area contributed by atoms with Crippen molar-refractivity contribution in [1.82, 2.24) is 4.90 Å². The van der Waals surface area contributed by atoms with Crippen LogP contribution in [0.15, 0.2) is 23.0 Å². The fraction of sp³-hybridized carbons (Fsp3) is 0.862. The number of ether oxygens (including phenoxy) is 1. The summed E-state index contributed by atoms with van der Waals surface area (Å²) in [4.78, 5) is 2.59. The van der Waals surface area contributed by atoms with Crippen molar-refractivity contribution in [2.75, 3.05) is 26.2 Å². The van der Waals surface area contributed by atoms with E-state index in [0.29, 0.717) is 16.9 Å². The molecule has 1 aromatic rings. The number of hydrogen-bond acceptors (Lipinski definition) is 3. The summed E-state index contributed by atoms with van der Waals surface area (Å²) >= 11 is 0. The molecule has 0 unspecified atom stereocenters. The van der Waals surface area contributed by atoms with Gasteiger partial charge < -0.3 is 14.1 Å². The summed E-state index contributed by atoms with van der Waals surface area (Å²) in [5.74, 6) is 4.45. The van der Waals surface area contributed by atoms with Crippen LogP contribution in [0.3, 0.4) is 0 Å². The second-order valence-corrected chi connectivity index (χ2v) is 12.7. The predicted octanol–water partition coefficient (Wildman–Crippen LogP) is 6.89. The zero-order valence-corrected chi connectivity index (χ0v) is 20.6. The minimum absolute atomic E-state index is 0.490. The molecule has 4 aliphatic carbocycles. The summed E-state index contributed by atoms with van der Waals surface area (Å²) < 4.78 is 12.0. The molecule has 0 N–H and O–H groups in total. The standard InChI is InChI=1S/C29H45NO2/c1-28-12-9-23(32-18-16-30-14-3-4-15-30)19-22(28)5-6-24-26-8-7-25(21-11-17-31-20-21)29(26,2)13-10-27(24)28/h11,17,20,22-27H,3-10,12-16,18-19H2,1-2H3/t22-,23-,24-,25+,26-,27-,28-,29+/m0/s1. The summed E-state index contributed by atoms with van der Waals surface area (Å²) in [6, 6.07) is 2.24. The molecular weight excluding hydrogens is 394 g/mol. The normalized spacial score (nSPS) is 46.6. The Morgan fingerprint density at radius 2 is 1.78 bits per heavy atom. The van der Waals surface area contributed by atoms with Gasteiger partial charge in [0.25, 0.3) is 0 Å². The lowest BCUT2D eigenvalue weighted by Crippen LogP contribution is -2.54. The first-order chi connectivity index (χ1) is 15.6. The topological polar surface area (TPSA) is 25.6 Å². The van der Waals surface area contributed by atoms with Gasteiger partial charge in [0, 0.05) is 6.54 Å². The van der Waals surface area contributed by atoms with Crippen LogP contribution in [0.4, 0.5) is 0 Å². The van der Waals surface area contributed by atoms with Gasteiger partial charge in [-0.05, 0) is 136 Å². The summed E-state index contributed by atoms with van der Waals surface area (Å²) in [7, 11) is 0. The number of furan rings is 1. The van der Waals surface area contributed by atoms with Crippen LogP contribution in [0.25, 0.3) is 0 Å². The van der Waals surface area contributed by atoms with Crippen LogP contribution in [0, 0.1) is 34.5 Å². The van der Waals surface area contributed by atoms with E-state index in [1.807, 2.05) is 12.5 Å². The quantitative estimate of drug-likeness (QED) is 0.500. The zero-order chi connectivity index (χ0) is 21.8. The molecule has 4 saturated carbocycles. The van der Waals surface area contributed by atoms with E-state index >= 15 is 0 Å². The molecule has 0 radical (unpaired) electrons. The molecule has 1 aromatic heterocycles. The van der Waals surface area contributed by atoms with Crippen molar-refractivity contribution in [3.05, 3.63) is 24.2 Å². The number of fused-ring (bicyclic) bond motifs is 5.